The molecule has 94 valence electrons. The first-order chi connectivity index (χ1) is 8.66. The SMILES string of the molecule is O=C([O-])c1ccc(CSCc2ccccc2Cl)o1. The van der Waals surface area contributed by atoms with E-state index in [4.69, 9.17) is 16.0 Å². The van der Waals surface area contributed by atoms with Crippen molar-refractivity contribution >= 4 is 29.3 Å². The second kappa shape index (κ2) is 5.98. The molecular weight excluding hydrogens is 272 g/mol. The van der Waals surface area contributed by atoms with Gasteiger partial charge in [0.2, 0.25) is 0 Å². The lowest BCUT2D eigenvalue weighted by molar-refractivity contribution is -0.257. The van der Waals surface area contributed by atoms with E-state index in [1.165, 1.54) is 6.07 Å². The maximum Gasteiger partial charge on any atom is 0.149 e. The first-order valence-electron chi connectivity index (χ1n) is 5.28. The van der Waals surface area contributed by atoms with Crippen molar-refractivity contribution in [3.8, 4) is 0 Å². The van der Waals surface area contributed by atoms with Crippen molar-refractivity contribution < 1.29 is 14.3 Å². The van der Waals surface area contributed by atoms with Crippen LogP contribution in [0.1, 0.15) is 21.9 Å². The second-order valence-electron chi connectivity index (χ2n) is 3.64. The lowest BCUT2D eigenvalue weighted by atomic mass is 10.2. The molecule has 0 saturated heterocycles. The first kappa shape index (κ1) is 13.1. The number of halogens is 1. The fourth-order valence-electron chi connectivity index (χ4n) is 1.44. The van der Waals surface area contributed by atoms with Gasteiger partial charge in [0.05, 0.1) is 5.75 Å². The Morgan fingerprint density at radius 2 is 2.00 bits per heavy atom. The Balaban J connectivity index is 1.88. The number of carbonyl (C=O) groups is 1. The monoisotopic (exact) mass is 281 g/mol. The highest BCUT2D eigenvalue weighted by Crippen LogP contribution is 2.23. The molecule has 0 N–H and O–H groups in total. The van der Waals surface area contributed by atoms with Gasteiger partial charge in [0.15, 0.2) is 0 Å². The number of carboxylic acid groups (broad SMARTS) is 1. The molecule has 0 unspecified atom stereocenters. The molecule has 0 atom stereocenters. The van der Waals surface area contributed by atoms with Gasteiger partial charge < -0.3 is 14.3 Å². The van der Waals surface area contributed by atoms with Crippen LogP contribution in [0.5, 0.6) is 0 Å². The molecular formula is C13H10ClO3S-. The highest BCUT2D eigenvalue weighted by Gasteiger charge is 2.04. The van der Waals surface area contributed by atoms with Gasteiger partial charge in [-0.1, -0.05) is 29.8 Å². The Morgan fingerprint density at radius 3 is 2.67 bits per heavy atom. The molecule has 0 spiro atoms. The number of thioether (sulfide) groups is 1. The lowest BCUT2D eigenvalue weighted by Gasteiger charge is -2.02. The van der Waals surface area contributed by atoms with Crippen LogP contribution in [0.3, 0.4) is 0 Å². The number of carbonyl (C=O) groups excluding carboxylic acids is 1. The fraction of sp³-hybridized carbons (Fsp3) is 0.154. The molecule has 0 aliphatic carbocycles. The molecule has 18 heavy (non-hydrogen) atoms. The number of furan rings is 1. The van der Waals surface area contributed by atoms with E-state index in [9.17, 15) is 9.90 Å². The minimum atomic E-state index is -1.29. The van der Waals surface area contributed by atoms with Gasteiger partial charge in [-0.05, 0) is 23.8 Å². The number of hydrogen-bond acceptors (Lipinski definition) is 4. The summed E-state index contributed by atoms with van der Waals surface area (Å²) in [5, 5.41) is 11.3. The molecule has 1 aromatic carbocycles. The highest BCUT2D eigenvalue weighted by atomic mass is 35.5. The van der Waals surface area contributed by atoms with Crippen molar-refractivity contribution in [2.45, 2.75) is 11.5 Å². The zero-order valence-corrected chi connectivity index (χ0v) is 11.0. The van der Waals surface area contributed by atoms with Gasteiger partial charge in [0.1, 0.15) is 17.5 Å². The molecule has 0 radical (unpaired) electrons. The summed E-state index contributed by atoms with van der Waals surface area (Å²) in [5.41, 5.74) is 1.05. The quantitative estimate of drug-likeness (QED) is 0.846. The Hall–Kier alpha value is -1.39. The zero-order chi connectivity index (χ0) is 13.0. The van der Waals surface area contributed by atoms with Crippen LogP contribution in [-0.4, -0.2) is 5.97 Å². The Bertz CT molecular complexity index is 551. The molecule has 1 heterocycles. The predicted octanol–water partition coefficient (Wildman–Crippen LogP) is 2.73. The average molecular weight is 282 g/mol. The summed E-state index contributed by atoms with van der Waals surface area (Å²) < 4.78 is 5.10. The number of hydrogen-bond donors (Lipinski definition) is 0. The van der Waals surface area contributed by atoms with E-state index in [1.54, 1.807) is 17.8 Å². The summed E-state index contributed by atoms with van der Waals surface area (Å²) in [4.78, 5) is 10.5. The van der Waals surface area contributed by atoms with Gasteiger partial charge >= 0.3 is 0 Å². The van der Waals surface area contributed by atoms with Gasteiger partial charge in [0.25, 0.3) is 0 Å². The molecule has 1 aromatic heterocycles. The number of carboxylic acids is 1. The van der Waals surface area contributed by atoms with E-state index in [-0.39, 0.29) is 5.76 Å². The number of aromatic carboxylic acids is 1. The van der Waals surface area contributed by atoms with Crippen LogP contribution in [0.4, 0.5) is 0 Å². The van der Waals surface area contributed by atoms with E-state index in [1.807, 2.05) is 24.3 Å². The molecule has 0 saturated carbocycles. The van der Waals surface area contributed by atoms with Crippen LogP contribution in [0.15, 0.2) is 40.8 Å². The number of rotatable bonds is 5. The molecule has 0 bridgehead atoms. The normalized spacial score (nSPS) is 10.5. The predicted molar refractivity (Wildman–Crippen MR) is 69.5 cm³/mol. The Kier molecular flexibility index (Phi) is 4.33. The smallest absolute Gasteiger partial charge is 0.149 e. The summed E-state index contributed by atoms with van der Waals surface area (Å²) in [6.45, 7) is 0. The van der Waals surface area contributed by atoms with Crippen molar-refractivity contribution in [3.63, 3.8) is 0 Å². The van der Waals surface area contributed by atoms with Crippen molar-refractivity contribution in [3.05, 3.63) is 58.5 Å². The van der Waals surface area contributed by atoms with Gasteiger partial charge in [-0.15, -0.1) is 11.8 Å². The molecule has 0 amide bonds. The number of benzene rings is 1. The van der Waals surface area contributed by atoms with Crippen LogP contribution >= 0.6 is 23.4 Å². The standard InChI is InChI=1S/C13H11ClO3S/c14-11-4-2-1-3-9(11)7-18-8-10-5-6-12(17-10)13(15)16/h1-6H,7-8H2,(H,15,16)/p-1. The highest BCUT2D eigenvalue weighted by molar-refractivity contribution is 7.97. The maximum atomic E-state index is 10.5. The van der Waals surface area contributed by atoms with Crippen molar-refractivity contribution in [1.82, 2.24) is 0 Å². The molecule has 0 aliphatic heterocycles. The molecule has 0 fully saturated rings. The average Bonchev–Trinajstić information content (AvgIpc) is 2.80. The molecule has 5 heteroatoms. The third-order valence-corrected chi connectivity index (χ3v) is 3.70. The fourth-order valence-corrected chi connectivity index (χ4v) is 2.65. The first-order valence-corrected chi connectivity index (χ1v) is 6.81. The Labute approximate surface area is 114 Å². The minimum Gasteiger partial charge on any atom is -0.542 e. The van der Waals surface area contributed by atoms with Gasteiger partial charge in [-0.3, -0.25) is 0 Å². The van der Waals surface area contributed by atoms with E-state index in [0.717, 1.165) is 16.3 Å². The largest absolute Gasteiger partial charge is 0.542 e. The third kappa shape index (κ3) is 3.31. The molecule has 0 aliphatic rings. The topological polar surface area (TPSA) is 53.3 Å². The van der Waals surface area contributed by atoms with Gasteiger partial charge in [-0.2, -0.15) is 0 Å². The minimum absolute atomic E-state index is 0.136. The maximum absolute atomic E-state index is 10.5. The van der Waals surface area contributed by atoms with E-state index in [0.29, 0.717) is 11.5 Å². The van der Waals surface area contributed by atoms with E-state index in [2.05, 4.69) is 0 Å². The van der Waals surface area contributed by atoms with Gasteiger partial charge in [0, 0.05) is 10.8 Å². The van der Waals surface area contributed by atoms with Gasteiger partial charge in [-0.25, -0.2) is 0 Å². The van der Waals surface area contributed by atoms with Crippen LogP contribution < -0.4 is 5.11 Å². The summed E-state index contributed by atoms with van der Waals surface area (Å²) >= 11 is 7.64. The Morgan fingerprint density at radius 1 is 1.22 bits per heavy atom. The van der Waals surface area contributed by atoms with Crippen LogP contribution in [0.25, 0.3) is 0 Å². The van der Waals surface area contributed by atoms with Crippen LogP contribution in [0, 0.1) is 0 Å². The molecule has 2 rings (SSSR count). The van der Waals surface area contributed by atoms with Crippen LogP contribution in [-0.2, 0) is 11.5 Å². The zero-order valence-electron chi connectivity index (χ0n) is 9.39. The molecule has 3 nitrogen and oxygen atoms in total. The summed E-state index contributed by atoms with van der Waals surface area (Å²) in [7, 11) is 0. The summed E-state index contributed by atoms with van der Waals surface area (Å²) in [6.07, 6.45) is 0. The van der Waals surface area contributed by atoms with Crippen molar-refractivity contribution in [1.29, 1.82) is 0 Å². The summed E-state index contributed by atoms with van der Waals surface area (Å²) in [5.74, 6) is 0.534. The summed E-state index contributed by atoms with van der Waals surface area (Å²) in [6, 6.07) is 10.7. The third-order valence-electron chi connectivity index (χ3n) is 2.32. The van der Waals surface area contributed by atoms with E-state index >= 15 is 0 Å². The van der Waals surface area contributed by atoms with Crippen LogP contribution in [0.2, 0.25) is 5.02 Å². The van der Waals surface area contributed by atoms with E-state index < -0.39 is 5.97 Å². The molecule has 2 aromatic rings. The second-order valence-corrected chi connectivity index (χ2v) is 5.03. The van der Waals surface area contributed by atoms with Crippen molar-refractivity contribution in [2.75, 3.05) is 0 Å². The lowest BCUT2D eigenvalue weighted by Crippen LogP contribution is -2.21. The van der Waals surface area contributed by atoms with Crippen molar-refractivity contribution in [2.24, 2.45) is 0 Å².